The van der Waals surface area contributed by atoms with E-state index in [-0.39, 0.29) is 10.8 Å². The largest absolute Gasteiger partial charge is 0.396 e. The quantitative estimate of drug-likeness (QED) is 0.888. The number of nitrogen functional groups attached to an aromatic ring is 1. The monoisotopic (exact) mass is 291 g/mol. The van der Waals surface area contributed by atoms with Crippen molar-refractivity contribution in [3.05, 3.63) is 48.3 Å². The third-order valence-corrected chi connectivity index (χ3v) is 3.77. The molecule has 6 nitrogen and oxygen atoms in total. The summed E-state index contributed by atoms with van der Waals surface area (Å²) in [5.41, 5.74) is 6.82. The molecule has 0 saturated heterocycles. The van der Waals surface area contributed by atoms with E-state index >= 15 is 0 Å². The molecule has 0 radical (unpaired) electrons. The number of rotatable bonds is 3. The predicted octanol–water partition coefficient (Wildman–Crippen LogP) is 1.32. The number of amides is 1. The van der Waals surface area contributed by atoms with Gasteiger partial charge in [0.1, 0.15) is 0 Å². The molecule has 3 N–H and O–H groups in total. The van der Waals surface area contributed by atoms with E-state index in [4.69, 9.17) is 5.73 Å². The zero-order chi connectivity index (χ0) is 14.8. The summed E-state index contributed by atoms with van der Waals surface area (Å²) in [4.78, 5) is 16.0. The van der Waals surface area contributed by atoms with Crippen molar-refractivity contribution in [3.63, 3.8) is 0 Å². The summed E-state index contributed by atoms with van der Waals surface area (Å²) in [5, 5.41) is 2.63. The molecule has 0 aliphatic rings. The van der Waals surface area contributed by atoms with Crippen LogP contribution in [0.2, 0.25) is 0 Å². The van der Waals surface area contributed by atoms with Crippen LogP contribution in [-0.2, 0) is 9.84 Å². The van der Waals surface area contributed by atoms with Crippen molar-refractivity contribution in [3.8, 4) is 0 Å². The SMILES string of the molecule is CS(=O)(=O)c1ccc(C(=O)Nc2ccncc2N)cc1. The Labute approximate surface area is 116 Å². The van der Waals surface area contributed by atoms with Crippen molar-refractivity contribution in [2.45, 2.75) is 4.90 Å². The number of sulfone groups is 1. The molecule has 20 heavy (non-hydrogen) atoms. The highest BCUT2D eigenvalue weighted by Crippen LogP contribution is 2.17. The van der Waals surface area contributed by atoms with Crippen molar-refractivity contribution >= 4 is 27.1 Å². The summed E-state index contributed by atoms with van der Waals surface area (Å²) < 4.78 is 22.7. The number of nitrogens with zero attached hydrogens (tertiary/aromatic N) is 1. The van der Waals surface area contributed by atoms with Crippen LogP contribution in [0.25, 0.3) is 0 Å². The van der Waals surface area contributed by atoms with E-state index in [9.17, 15) is 13.2 Å². The van der Waals surface area contributed by atoms with Gasteiger partial charge in [0.2, 0.25) is 0 Å². The minimum absolute atomic E-state index is 0.164. The molecule has 2 rings (SSSR count). The number of benzene rings is 1. The first-order valence-electron chi connectivity index (χ1n) is 5.69. The van der Waals surface area contributed by atoms with Crippen LogP contribution >= 0.6 is 0 Å². The Morgan fingerprint density at radius 3 is 2.40 bits per heavy atom. The van der Waals surface area contributed by atoms with Gasteiger partial charge in [-0.1, -0.05) is 0 Å². The summed E-state index contributed by atoms with van der Waals surface area (Å²) >= 11 is 0. The Morgan fingerprint density at radius 1 is 1.20 bits per heavy atom. The van der Waals surface area contributed by atoms with Crippen LogP contribution in [0, 0.1) is 0 Å². The lowest BCUT2D eigenvalue weighted by atomic mass is 10.2. The second kappa shape index (κ2) is 5.30. The number of nitrogens with one attached hydrogen (secondary N) is 1. The lowest BCUT2D eigenvalue weighted by molar-refractivity contribution is 0.102. The first kappa shape index (κ1) is 14.0. The number of carbonyl (C=O) groups is 1. The third-order valence-electron chi connectivity index (χ3n) is 2.64. The van der Waals surface area contributed by atoms with Gasteiger partial charge in [0, 0.05) is 18.0 Å². The average molecular weight is 291 g/mol. The molecular formula is C13H13N3O3S. The van der Waals surface area contributed by atoms with E-state index in [0.717, 1.165) is 6.26 Å². The zero-order valence-electron chi connectivity index (χ0n) is 10.7. The van der Waals surface area contributed by atoms with Gasteiger partial charge in [-0.2, -0.15) is 0 Å². The fourth-order valence-electron chi connectivity index (χ4n) is 1.57. The Kier molecular flexibility index (Phi) is 3.71. The molecule has 1 amide bonds. The van der Waals surface area contributed by atoms with Crippen molar-refractivity contribution in [1.29, 1.82) is 0 Å². The van der Waals surface area contributed by atoms with Crippen LogP contribution in [-0.4, -0.2) is 25.6 Å². The summed E-state index contributed by atoms with van der Waals surface area (Å²) in [6.45, 7) is 0. The van der Waals surface area contributed by atoms with E-state index in [1.807, 2.05) is 0 Å². The van der Waals surface area contributed by atoms with Gasteiger partial charge in [0.05, 0.1) is 22.5 Å². The lowest BCUT2D eigenvalue weighted by Crippen LogP contribution is -2.13. The molecule has 0 unspecified atom stereocenters. The van der Waals surface area contributed by atoms with Gasteiger partial charge in [0.25, 0.3) is 5.91 Å². The van der Waals surface area contributed by atoms with E-state index < -0.39 is 9.84 Å². The van der Waals surface area contributed by atoms with Crippen molar-refractivity contribution in [2.24, 2.45) is 0 Å². The first-order valence-corrected chi connectivity index (χ1v) is 7.58. The van der Waals surface area contributed by atoms with E-state index in [1.54, 1.807) is 6.07 Å². The van der Waals surface area contributed by atoms with Gasteiger partial charge in [-0.3, -0.25) is 9.78 Å². The highest BCUT2D eigenvalue weighted by atomic mass is 32.2. The molecule has 0 bridgehead atoms. The summed E-state index contributed by atoms with van der Waals surface area (Å²) in [6.07, 6.45) is 4.06. The Morgan fingerprint density at radius 2 is 1.85 bits per heavy atom. The normalized spacial score (nSPS) is 11.1. The number of hydrogen-bond acceptors (Lipinski definition) is 5. The molecule has 1 aromatic heterocycles. The number of anilines is 2. The van der Waals surface area contributed by atoms with Crippen LogP contribution in [0.5, 0.6) is 0 Å². The smallest absolute Gasteiger partial charge is 0.255 e. The summed E-state index contributed by atoms with van der Waals surface area (Å²) in [6, 6.07) is 7.25. The fraction of sp³-hybridized carbons (Fsp3) is 0.0769. The van der Waals surface area contributed by atoms with Crippen LogP contribution < -0.4 is 11.1 Å². The van der Waals surface area contributed by atoms with Crippen LogP contribution in [0.1, 0.15) is 10.4 Å². The average Bonchev–Trinajstić information content (AvgIpc) is 2.40. The van der Waals surface area contributed by atoms with Gasteiger partial charge in [-0.05, 0) is 30.3 Å². The minimum atomic E-state index is -3.27. The van der Waals surface area contributed by atoms with Crippen molar-refractivity contribution < 1.29 is 13.2 Å². The molecule has 7 heteroatoms. The molecule has 104 valence electrons. The standard InChI is InChI=1S/C13H13N3O3S/c1-20(18,19)10-4-2-9(3-5-10)13(17)16-12-6-7-15-8-11(12)14/h2-8H,14H2,1H3,(H,15,16,17). The number of pyridine rings is 1. The van der Waals surface area contributed by atoms with Crippen LogP contribution in [0.4, 0.5) is 11.4 Å². The Bertz CT molecular complexity index is 740. The van der Waals surface area contributed by atoms with Gasteiger partial charge in [-0.25, -0.2) is 8.42 Å². The van der Waals surface area contributed by atoms with Crippen LogP contribution in [0.3, 0.4) is 0 Å². The van der Waals surface area contributed by atoms with Gasteiger partial charge >= 0.3 is 0 Å². The van der Waals surface area contributed by atoms with E-state index in [1.165, 1.54) is 36.7 Å². The molecule has 0 aliphatic carbocycles. The maximum Gasteiger partial charge on any atom is 0.255 e. The van der Waals surface area contributed by atoms with Crippen molar-refractivity contribution in [1.82, 2.24) is 4.98 Å². The van der Waals surface area contributed by atoms with Gasteiger partial charge in [-0.15, -0.1) is 0 Å². The zero-order valence-corrected chi connectivity index (χ0v) is 11.5. The van der Waals surface area contributed by atoms with E-state index in [2.05, 4.69) is 10.3 Å². The third kappa shape index (κ3) is 3.12. The topological polar surface area (TPSA) is 102 Å². The molecule has 1 aromatic carbocycles. The molecule has 0 fully saturated rings. The highest BCUT2D eigenvalue weighted by Gasteiger charge is 2.11. The van der Waals surface area contributed by atoms with Crippen LogP contribution in [0.15, 0.2) is 47.6 Å². The van der Waals surface area contributed by atoms with Gasteiger partial charge < -0.3 is 11.1 Å². The predicted molar refractivity (Wildman–Crippen MR) is 76.2 cm³/mol. The molecule has 0 spiro atoms. The number of aromatic nitrogens is 1. The summed E-state index contributed by atoms with van der Waals surface area (Å²) in [7, 11) is -3.27. The number of nitrogens with two attached hydrogens (primary N) is 1. The molecular weight excluding hydrogens is 278 g/mol. The van der Waals surface area contributed by atoms with Crippen molar-refractivity contribution in [2.75, 3.05) is 17.3 Å². The Balaban J connectivity index is 2.20. The first-order chi connectivity index (χ1) is 9.38. The maximum atomic E-state index is 12.0. The second-order valence-corrected chi connectivity index (χ2v) is 6.23. The molecule has 0 saturated carbocycles. The van der Waals surface area contributed by atoms with Gasteiger partial charge in [0.15, 0.2) is 9.84 Å². The number of hydrogen-bond donors (Lipinski definition) is 2. The summed E-state index contributed by atoms with van der Waals surface area (Å²) in [5.74, 6) is -0.372. The molecule has 2 aromatic rings. The van der Waals surface area contributed by atoms with E-state index in [0.29, 0.717) is 16.9 Å². The number of carbonyl (C=O) groups excluding carboxylic acids is 1. The maximum absolute atomic E-state index is 12.0. The second-order valence-electron chi connectivity index (χ2n) is 4.21. The minimum Gasteiger partial charge on any atom is -0.396 e. The highest BCUT2D eigenvalue weighted by molar-refractivity contribution is 7.90. The molecule has 0 atom stereocenters. The fourth-order valence-corrected chi connectivity index (χ4v) is 2.20. The lowest BCUT2D eigenvalue weighted by Gasteiger charge is -2.07. The molecule has 1 heterocycles. The molecule has 0 aliphatic heterocycles. The Hall–Kier alpha value is -2.41.